The maximum Gasteiger partial charge on any atom is 0.269 e. The number of nitro benzene ring substituents is 1. The molecule has 0 saturated carbocycles. The van der Waals surface area contributed by atoms with Crippen LogP contribution < -0.4 is 5.32 Å². The van der Waals surface area contributed by atoms with E-state index in [1.807, 2.05) is 0 Å². The lowest BCUT2D eigenvalue weighted by atomic mass is 10.1. The second-order valence-electron chi connectivity index (χ2n) is 4.84. The van der Waals surface area contributed by atoms with E-state index in [0.29, 0.717) is 30.0 Å². The fourth-order valence-corrected chi connectivity index (χ4v) is 3.83. The normalized spacial score (nSPS) is 18.9. The second-order valence-corrected chi connectivity index (χ2v) is 7.55. The van der Waals surface area contributed by atoms with Gasteiger partial charge in [-0.15, -0.1) is 0 Å². The molecule has 1 aliphatic heterocycles. The van der Waals surface area contributed by atoms with E-state index >= 15 is 0 Å². The fourth-order valence-electron chi connectivity index (χ4n) is 2.16. The molecule has 0 radical (unpaired) electrons. The zero-order chi connectivity index (χ0) is 14.8. The molecule has 0 spiro atoms. The molecule has 8 heteroatoms. The lowest BCUT2D eigenvalue weighted by molar-refractivity contribution is -0.384. The summed E-state index contributed by atoms with van der Waals surface area (Å²) in [5, 5.41) is 14.4. The number of nitrogens with one attached hydrogen (secondary N) is 1. The Kier molecular flexibility index (Phi) is 4.62. The van der Waals surface area contributed by atoms with Crippen LogP contribution in [0.4, 0.5) is 5.69 Å². The van der Waals surface area contributed by atoms with Gasteiger partial charge >= 0.3 is 0 Å². The summed E-state index contributed by atoms with van der Waals surface area (Å²) in [5.74, 6) is 0.376. The summed E-state index contributed by atoms with van der Waals surface area (Å²) < 4.78 is 22.6. The SMILES string of the molecule is O=[N+]([O-])c1ccc(Cl)c(CNC2CCS(=O)(=O)CC2)c1. The number of nitro groups is 1. The molecule has 1 aromatic carbocycles. The van der Waals surface area contributed by atoms with Crippen LogP contribution in [0.2, 0.25) is 5.02 Å². The molecule has 1 saturated heterocycles. The summed E-state index contributed by atoms with van der Waals surface area (Å²) in [5.41, 5.74) is 0.645. The van der Waals surface area contributed by atoms with Gasteiger partial charge in [-0.25, -0.2) is 8.42 Å². The average Bonchev–Trinajstić information content (AvgIpc) is 2.39. The van der Waals surface area contributed by atoms with Gasteiger partial charge in [0.25, 0.3) is 5.69 Å². The summed E-state index contributed by atoms with van der Waals surface area (Å²) in [7, 11) is -2.88. The lowest BCUT2D eigenvalue weighted by Crippen LogP contribution is -2.37. The first-order valence-electron chi connectivity index (χ1n) is 6.24. The van der Waals surface area contributed by atoms with E-state index in [1.165, 1.54) is 18.2 Å². The molecule has 0 aliphatic carbocycles. The van der Waals surface area contributed by atoms with Gasteiger partial charge in [0, 0.05) is 29.7 Å². The fraction of sp³-hybridized carbons (Fsp3) is 0.500. The van der Waals surface area contributed by atoms with Crippen molar-refractivity contribution in [3.05, 3.63) is 38.9 Å². The van der Waals surface area contributed by atoms with Crippen molar-refractivity contribution in [3.63, 3.8) is 0 Å². The van der Waals surface area contributed by atoms with E-state index in [2.05, 4.69) is 5.32 Å². The molecule has 1 heterocycles. The molecule has 0 aromatic heterocycles. The Morgan fingerprint density at radius 2 is 2.00 bits per heavy atom. The Bertz CT molecular complexity index is 604. The number of halogens is 1. The van der Waals surface area contributed by atoms with Gasteiger partial charge in [0.15, 0.2) is 0 Å². The molecule has 0 unspecified atom stereocenters. The molecule has 0 bridgehead atoms. The second kappa shape index (κ2) is 6.07. The third-order valence-corrected chi connectivity index (χ3v) is 5.46. The number of hydrogen-bond donors (Lipinski definition) is 1. The minimum Gasteiger partial charge on any atom is -0.310 e. The number of hydrogen-bond acceptors (Lipinski definition) is 5. The minimum absolute atomic E-state index is 0.00239. The minimum atomic E-state index is -2.88. The van der Waals surface area contributed by atoms with Crippen LogP contribution in [0.1, 0.15) is 18.4 Å². The Morgan fingerprint density at radius 1 is 1.35 bits per heavy atom. The molecular formula is C12H15ClN2O4S. The zero-order valence-corrected chi connectivity index (χ0v) is 12.3. The lowest BCUT2D eigenvalue weighted by Gasteiger charge is -2.23. The van der Waals surface area contributed by atoms with Crippen LogP contribution in [0.3, 0.4) is 0 Å². The Labute approximate surface area is 122 Å². The highest BCUT2D eigenvalue weighted by molar-refractivity contribution is 7.91. The van der Waals surface area contributed by atoms with Gasteiger partial charge in [-0.05, 0) is 24.5 Å². The van der Waals surface area contributed by atoms with Gasteiger partial charge in [-0.1, -0.05) is 11.6 Å². The summed E-state index contributed by atoms with van der Waals surface area (Å²) in [6.07, 6.45) is 1.13. The summed E-state index contributed by atoms with van der Waals surface area (Å²) in [4.78, 5) is 10.3. The van der Waals surface area contributed by atoms with Crippen LogP contribution in [0.25, 0.3) is 0 Å². The van der Waals surface area contributed by atoms with Crippen molar-refractivity contribution in [3.8, 4) is 0 Å². The van der Waals surface area contributed by atoms with Gasteiger partial charge in [0.05, 0.1) is 16.4 Å². The maximum atomic E-state index is 11.3. The Morgan fingerprint density at radius 3 is 2.60 bits per heavy atom. The summed E-state index contributed by atoms with van der Waals surface area (Å²) in [6.45, 7) is 0.394. The van der Waals surface area contributed by atoms with Crippen molar-refractivity contribution in [2.75, 3.05) is 11.5 Å². The molecule has 1 fully saturated rings. The van der Waals surface area contributed by atoms with Crippen molar-refractivity contribution in [1.29, 1.82) is 0 Å². The molecule has 2 rings (SSSR count). The van der Waals surface area contributed by atoms with Gasteiger partial charge < -0.3 is 5.32 Å². The van der Waals surface area contributed by atoms with Crippen LogP contribution in [0.15, 0.2) is 18.2 Å². The van der Waals surface area contributed by atoms with Gasteiger partial charge in [0.1, 0.15) is 9.84 Å². The standard InChI is InChI=1S/C12H15ClN2O4S/c13-12-2-1-11(15(16)17)7-9(12)8-14-10-3-5-20(18,19)6-4-10/h1-2,7,10,14H,3-6,8H2. The smallest absolute Gasteiger partial charge is 0.269 e. The number of rotatable bonds is 4. The van der Waals surface area contributed by atoms with E-state index in [-0.39, 0.29) is 23.2 Å². The van der Waals surface area contributed by atoms with E-state index in [9.17, 15) is 18.5 Å². The van der Waals surface area contributed by atoms with E-state index in [1.54, 1.807) is 0 Å². The van der Waals surface area contributed by atoms with Crippen LogP contribution in [0.5, 0.6) is 0 Å². The number of nitrogens with zero attached hydrogens (tertiary/aromatic N) is 1. The summed E-state index contributed by atoms with van der Waals surface area (Å²) >= 11 is 6.01. The average molecular weight is 319 g/mol. The number of benzene rings is 1. The molecule has 6 nitrogen and oxygen atoms in total. The third kappa shape index (κ3) is 3.91. The zero-order valence-electron chi connectivity index (χ0n) is 10.7. The summed E-state index contributed by atoms with van der Waals surface area (Å²) in [6, 6.07) is 4.41. The Balaban J connectivity index is 1.97. The predicted octanol–water partition coefficient (Wildman–Crippen LogP) is 1.92. The molecular weight excluding hydrogens is 304 g/mol. The van der Waals surface area contributed by atoms with E-state index in [4.69, 9.17) is 11.6 Å². The van der Waals surface area contributed by atoms with Crippen molar-refractivity contribution >= 4 is 27.1 Å². The van der Waals surface area contributed by atoms with Crippen molar-refractivity contribution < 1.29 is 13.3 Å². The topological polar surface area (TPSA) is 89.3 Å². The molecule has 1 aliphatic rings. The molecule has 0 atom stereocenters. The van der Waals surface area contributed by atoms with Crippen molar-refractivity contribution in [1.82, 2.24) is 5.32 Å². The monoisotopic (exact) mass is 318 g/mol. The predicted molar refractivity (Wildman–Crippen MR) is 76.6 cm³/mol. The highest BCUT2D eigenvalue weighted by Gasteiger charge is 2.23. The first-order valence-corrected chi connectivity index (χ1v) is 8.44. The van der Waals surface area contributed by atoms with Crippen LogP contribution in [-0.2, 0) is 16.4 Å². The first-order chi connectivity index (χ1) is 9.37. The highest BCUT2D eigenvalue weighted by atomic mass is 35.5. The van der Waals surface area contributed by atoms with Crippen LogP contribution >= 0.6 is 11.6 Å². The van der Waals surface area contributed by atoms with E-state index in [0.717, 1.165) is 0 Å². The molecule has 20 heavy (non-hydrogen) atoms. The van der Waals surface area contributed by atoms with Gasteiger partial charge in [0.2, 0.25) is 0 Å². The third-order valence-electron chi connectivity index (χ3n) is 3.38. The maximum absolute atomic E-state index is 11.3. The van der Waals surface area contributed by atoms with Gasteiger partial charge in [-0.3, -0.25) is 10.1 Å². The van der Waals surface area contributed by atoms with Gasteiger partial charge in [-0.2, -0.15) is 0 Å². The molecule has 1 N–H and O–H groups in total. The van der Waals surface area contributed by atoms with Crippen molar-refractivity contribution in [2.45, 2.75) is 25.4 Å². The quantitative estimate of drug-likeness (QED) is 0.676. The van der Waals surface area contributed by atoms with Crippen LogP contribution in [-0.4, -0.2) is 30.9 Å². The van der Waals surface area contributed by atoms with Crippen molar-refractivity contribution in [2.24, 2.45) is 0 Å². The molecule has 110 valence electrons. The highest BCUT2D eigenvalue weighted by Crippen LogP contribution is 2.22. The Hall–Kier alpha value is -1.18. The first kappa shape index (κ1) is 15.2. The molecule has 1 aromatic rings. The van der Waals surface area contributed by atoms with Crippen LogP contribution in [0, 0.1) is 10.1 Å². The molecule has 0 amide bonds. The number of sulfone groups is 1. The number of non-ortho nitro benzene ring substituents is 1. The largest absolute Gasteiger partial charge is 0.310 e. The van der Waals surface area contributed by atoms with E-state index < -0.39 is 14.8 Å².